The van der Waals surface area contributed by atoms with Crippen molar-refractivity contribution < 1.29 is 23.1 Å². The number of nitrogens with zero attached hydrogens (tertiary/aromatic N) is 2. The van der Waals surface area contributed by atoms with Crippen LogP contribution in [0.25, 0.3) is 11.0 Å². The van der Waals surface area contributed by atoms with E-state index in [9.17, 15) is 14.0 Å². The normalized spacial score (nSPS) is 20.7. The molecule has 6 nitrogen and oxygen atoms in total. The van der Waals surface area contributed by atoms with E-state index in [-0.39, 0.29) is 35.2 Å². The maximum absolute atomic E-state index is 13.1. The van der Waals surface area contributed by atoms with E-state index >= 15 is 0 Å². The zero-order valence-corrected chi connectivity index (χ0v) is 17.2. The molecule has 31 heavy (non-hydrogen) atoms. The van der Waals surface area contributed by atoms with Crippen LogP contribution in [-0.2, 0) is 4.79 Å². The number of amides is 2. The van der Waals surface area contributed by atoms with Gasteiger partial charge in [0.25, 0.3) is 5.91 Å². The van der Waals surface area contributed by atoms with Gasteiger partial charge in [-0.3, -0.25) is 9.59 Å². The molecule has 1 aliphatic heterocycles. The highest BCUT2D eigenvalue weighted by atomic mass is 19.1. The number of benzene rings is 2. The van der Waals surface area contributed by atoms with Crippen molar-refractivity contribution >= 4 is 22.8 Å². The summed E-state index contributed by atoms with van der Waals surface area (Å²) >= 11 is 0. The van der Waals surface area contributed by atoms with Gasteiger partial charge >= 0.3 is 0 Å². The van der Waals surface area contributed by atoms with Crippen LogP contribution < -0.4 is 4.74 Å². The predicted octanol–water partition coefficient (Wildman–Crippen LogP) is 3.67. The molecule has 0 radical (unpaired) electrons. The van der Waals surface area contributed by atoms with Crippen molar-refractivity contribution in [1.29, 1.82) is 0 Å². The number of halogens is 1. The fraction of sp³-hybridized carbons (Fsp3) is 0.333. The minimum absolute atomic E-state index is 0.0458. The number of piperazine rings is 1. The fourth-order valence-electron chi connectivity index (χ4n) is 4.37. The van der Waals surface area contributed by atoms with Crippen molar-refractivity contribution in [2.24, 2.45) is 5.92 Å². The third-order valence-electron chi connectivity index (χ3n) is 6.22. The Kier molecular flexibility index (Phi) is 4.88. The summed E-state index contributed by atoms with van der Waals surface area (Å²) in [5.41, 5.74) is 1.57. The molecular formula is C24H23FN2O4. The van der Waals surface area contributed by atoms with Crippen molar-refractivity contribution in [2.75, 3.05) is 33.3 Å². The van der Waals surface area contributed by atoms with Crippen LogP contribution in [0.5, 0.6) is 5.75 Å². The number of carbonyl (C=O) groups excluding carboxylic acids is 2. The molecule has 1 aromatic heterocycles. The van der Waals surface area contributed by atoms with Gasteiger partial charge < -0.3 is 19.0 Å². The predicted molar refractivity (Wildman–Crippen MR) is 112 cm³/mol. The molecule has 2 fully saturated rings. The molecule has 2 heterocycles. The second-order valence-electron chi connectivity index (χ2n) is 8.11. The van der Waals surface area contributed by atoms with Gasteiger partial charge in [0, 0.05) is 37.5 Å². The van der Waals surface area contributed by atoms with Gasteiger partial charge in [0.15, 0.2) is 17.1 Å². The Morgan fingerprint density at radius 1 is 1.03 bits per heavy atom. The van der Waals surface area contributed by atoms with Crippen LogP contribution in [0.2, 0.25) is 0 Å². The first-order chi connectivity index (χ1) is 15.0. The summed E-state index contributed by atoms with van der Waals surface area (Å²) < 4.78 is 24.2. The molecule has 7 heteroatoms. The molecule has 0 N–H and O–H groups in total. The van der Waals surface area contributed by atoms with Gasteiger partial charge in [-0.25, -0.2) is 4.39 Å². The average molecular weight is 422 g/mol. The van der Waals surface area contributed by atoms with Crippen molar-refractivity contribution in [3.05, 3.63) is 65.7 Å². The number of fused-ring (bicyclic) bond motifs is 1. The van der Waals surface area contributed by atoms with Crippen molar-refractivity contribution in [3.63, 3.8) is 0 Å². The van der Waals surface area contributed by atoms with Crippen LogP contribution in [0.3, 0.4) is 0 Å². The molecule has 1 saturated carbocycles. The van der Waals surface area contributed by atoms with Crippen LogP contribution in [0, 0.1) is 11.7 Å². The second kappa shape index (κ2) is 7.72. The Bertz CT molecular complexity index is 1130. The smallest absolute Gasteiger partial charge is 0.289 e. The maximum atomic E-state index is 13.1. The molecule has 0 bridgehead atoms. The number of furan rings is 1. The summed E-state index contributed by atoms with van der Waals surface area (Å²) in [5, 5.41) is 0.817. The first-order valence-corrected chi connectivity index (χ1v) is 10.4. The third kappa shape index (κ3) is 3.65. The number of hydrogen-bond acceptors (Lipinski definition) is 4. The molecule has 1 saturated heterocycles. The molecule has 5 rings (SSSR count). The first kappa shape index (κ1) is 19.6. The van der Waals surface area contributed by atoms with Crippen LogP contribution in [0.15, 0.2) is 52.9 Å². The van der Waals surface area contributed by atoms with E-state index in [1.165, 1.54) is 12.1 Å². The molecule has 2 aliphatic rings. The highest BCUT2D eigenvalue weighted by molar-refractivity contribution is 5.97. The Labute approximate surface area is 179 Å². The van der Waals surface area contributed by atoms with Crippen molar-refractivity contribution in [1.82, 2.24) is 9.80 Å². The highest BCUT2D eigenvalue weighted by Gasteiger charge is 2.46. The molecule has 2 amide bonds. The molecule has 2 atom stereocenters. The Balaban J connectivity index is 1.20. The maximum Gasteiger partial charge on any atom is 0.289 e. The number of ether oxygens (including phenoxy) is 1. The van der Waals surface area contributed by atoms with E-state index in [4.69, 9.17) is 9.15 Å². The molecular weight excluding hydrogens is 399 g/mol. The van der Waals surface area contributed by atoms with Crippen LogP contribution in [0.1, 0.15) is 28.5 Å². The summed E-state index contributed by atoms with van der Waals surface area (Å²) in [6, 6.07) is 13.6. The first-order valence-electron chi connectivity index (χ1n) is 10.4. The SMILES string of the molecule is COc1cccc2cc(C(=O)N3CCN(C(=O)[C@@H]4CC4c4ccc(F)cc4)CC3)oc12. The van der Waals surface area contributed by atoms with E-state index in [1.54, 1.807) is 36.3 Å². The Morgan fingerprint density at radius 2 is 1.74 bits per heavy atom. The van der Waals surface area contributed by atoms with Crippen LogP contribution in [0.4, 0.5) is 4.39 Å². The molecule has 2 aromatic carbocycles. The lowest BCUT2D eigenvalue weighted by molar-refractivity contribution is -0.134. The van der Waals surface area contributed by atoms with E-state index in [1.807, 2.05) is 17.0 Å². The Morgan fingerprint density at radius 3 is 2.45 bits per heavy atom. The summed E-state index contributed by atoms with van der Waals surface area (Å²) in [7, 11) is 1.57. The molecule has 1 aliphatic carbocycles. The van der Waals surface area contributed by atoms with Crippen LogP contribution >= 0.6 is 0 Å². The highest BCUT2D eigenvalue weighted by Crippen LogP contribution is 2.48. The van der Waals surface area contributed by atoms with E-state index < -0.39 is 0 Å². The Hall–Kier alpha value is -3.35. The van der Waals surface area contributed by atoms with Gasteiger partial charge in [0.05, 0.1) is 7.11 Å². The summed E-state index contributed by atoms with van der Waals surface area (Å²) in [6.07, 6.45) is 0.796. The molecule has 1 unspecified atom stereocenters. The quantitative estimate of drug-likeness (QED) is 0.644. The summed E-state index contributed by atoms with van der Waals surface area (Å²) in [6.45, 7) is 1.93. The van der Waals surface area contributed by atoms with Gasteiger partial charge in [0.2, 0.25) is 5.91 Å². The topological polar surface area (TPSA) is 63.0 Å². The van der Waals surface area contributed by atoms with E-state index in [2.05, 4.69) is 0 Å². The van der Waals surface area contributed by atoms with Gasteiger partial charge in [0.1, 0.15) is 5.82 Å². The van der Waals surface area contributed by atoms with E-state index in [0.29, 0.717) is 37.5 Å². The number of carbonyl (C=O) groups is 2. The molecule has 0 spiro atoms. The zero-order valence-electron chi connectivity index (χ0n) is 17.2. The number of rotatable bonds is 4. The molecule has 160 valence electrons. The van der Waals surface area contributed by atoms with E-state index in [0.717, 1.165) is 17.4 Å². The lowest BCUT2D eigenvalue weighted by Gasteiger charge is -2.34. The van der Waals surface area contributed by atoms with Gasteiger partial charge in [-0.1, -0.05) is 24.3 Å². The fourth-order valence-corrected chi connectivity index (χ4v) is 4.37. The summed E-state index contributed by atoms with van der Waals surface area (Å²) in [5.74, 6) is 0.658. The average Bonchev–Trinajstić information content (AvgIpc) is 3.48. The van der Waals surface area contributed by atoms with Gasteiger partial charge in [-0.15, -0.1) is 0 Å². The van der Waals surface area contributed by atoms with Crippen molar-refractivity contribution in [3.8, 4) is 5.75 Å². The summed E-state index contributed by atoms with van der Waals surface area (Å²) in [4.78, 5) is 29.3. The molecule has 3 aromatic rings. The largest absolute Gasteiger partial charge is 0.493 e. The zero-order chi connectivity index (χ0) is 21.5. The number of para-hydroxylation sites is 1. The van der Waals surface area contributed by atoms with Gasteiger partial charge in [-0.05, 0) is 42.2 Å². The number of hydrogen-bond donors (Lipinski definition) is 0. The lowest BCUT2D eigenvalue weighted by Crippen LogP contribution is -2.51. The minimum Gasteiger partial charge on any atom is -0.493 e. The monoisotopic (exact) mass is 422 g/mol. The second-order valence-corrected chi connectivity index (χ2v) is 8.11. The minimum atomic E-state index is -0.268. The van der Waals surface area contributed by atoms with Crippen molar-refractivity contribution in [2.45, 2.75) is 12.3 Å². The third-order valence-corrected chi connectivity index (χ3v) is 6.22. The van der Waals surface area contributed by atoms with Crippen LogP contribution in [-0.4, -0.2) is 54.9 Å². The lowest BCUT2D eigenvalue weighted by atomic mass is 10.1. The van der Waals surface area contributed by atoms with Gasteiger partial charge in [-0.2, -0.15) is 0 Å². The number of methoxy groups -OCH3 is 1. The standard InChI is InChI=1S/C24H23FN2O4/c1-30-20-4-2-3-16-13-21(31-22(16)20)24(29)27-11-9-26(10-12-27)23(28)19-14-18(19)15-5-7-17(25)8-6-15/h2-8,13,18-19H,9-12,14H2,1H3/t18?,19-/m1/s1.